The molecular formula is C77H127Br3N8O8Sn. The number of hydrogen-bond donors (Lipinski definition) is 5. The van der Waals surface area contributed by atoms with Gasteiger partial charge in [-0.05, 0) is 179 Å². The van der Waals surface area contributed by atoms with Gasteiger partial charge >= 0.3 is 120 Å². The molecule has 0 saturated heterocycles. The Morgan fingerprint density at radius 3 is 1.18 bits per heavy atom. The molecule has 6 rings (SSSR count). The molecule has 0 aliphatic carbocycles. The third kappa shape index (κ3) is 57.3. The first kappa shape index (κ1) is 103. The summed E-state index contributed by atoms with van der Waals surface area (Å²) in [7, 11) is 0. The number of aliphatic hydroxyl groups is 2. The van der Waals surface area contributed by atoms with Gasteiger partial charge in [0.05, 0.1) is 23.3 Å². The molecule has 0 aliphatic heterocycles. The smallest absolute Gasteiger partial charge is 0.300 e. The third-order valence-electron chi connectivity index (χ3n) is 12.3. The fourth-order valence-corrected chi connectivity index (χ4v) is 23.4. The number of nitrogens with zero attached hydrogens (tertiary/aromatic N) is 6. The van der Waals surface area contributed by atoms with Crippen LogP contribution in [0.2, 0.25) is 13.3 Å². The van der Waals surface area contributed by atoms with E-state index in [9.17, 15) is 19.8 Å². The normalized spacial score (nSPS) is 10.6. The molecule has 548 valence electrons. The van der Waals surface area contributed by atoms with Crippen LogP contribution in [0.15, 0.2) is 131 Å². The van der Waals surface area contributed by atoms with Crippen LogP contribution >= 0.6 is 47.8 Å². The van der Waals surface area contributed by atoms with E-state index in [1.54, 1.807) is 12.1 Å². The fraction of sp³-hybridized carbons (Fsp3) is 0.519. The number of carbonyl (C=O) groups excluding carboxylic acids is 2. The summed E-state index contributed by atoms with van der Waals surface area (Å²) in [5.41, 5.74) is 14.4. The number of ketones is 2. The summed E-state index contributed by atoms with van der Waals surface area (Å²) in [6, 6.07) is 33.8. The topological polar surface area (TPSA) is 246 Å². The second-order valence-electron chi connectivity index (χ2n) is 24.1. The molecule has 0 spiro atoms. The number of aliphatic carboxylic acids is 1. The van der Waals surface area contributed by atoms with E-state index in [1.807, 2.05) is 166 Å². The number of pyridine rings is 6. The molecule has 6 aromatic rings. The van der Waals surface area contributed by atoms with Gasteiger partial charge in [-0.1, -0.05) is 97.1 Å². The Balaban J connectivity index is -0.000000245. The maximum Gasteiger partial charge on any atom is 0.300 e. The van der Waals surface area contributed by atoms with Gasteiger partial charge in [0.2, 0.25) is 0 Å². The molecule has 0 aromatic carbocycles. The van der Waals surface area contributed by atoms with Crippen molar-refractivity contribution in [3.05, 3.63) is 193 Å². The largest absolute Gasteiger partial charge is 0.481 e. The van der Waals surface area contributed by atoms with E-state index in [4.69, 9.17) is 25.1 Å². The summed E-state index contributed by atoms with van der Waals surface area (Å²) in [6.45, 7) is 47.2. The molecule has 6 heterocycles. The number of rotatable bonds is 23. The molecule has 6 aromatic heterocycles. The minimum atomic E-state index is -2.24. The van der Waals surface area contributed by atoms with Gasteiger partial charge in [-0.25, -0.2) is 15.0 Å². The third-order valence-corrected chi connectivity index (χ3v) is 28.9. The van der Waals surface area contributed by atoms with Crippen molar-refractivity contribution in [3.63, 3.8) is 0 Å². The van der Waals surface area contributed by atoms with E-state index >= 15 is 0 Å². The molecule has 97 heavy (non-hydrogen) atoms. The minimum Gasteiger partial charge on any atom is -0.481 e. The van der Waals surface area contributed by atoms with Crippen LogP contribution in [0.3, 0.4) is 0 Å². The number of hydrogen-bond acceptors (Lipinski definition) is 15. The molecule has 20 heteroatoms. The second kappa shape index (κ2) is 59.7. The van der Waals surface area contributed by atoms with Crippen molar-refractivity contribution in [2.45, 2.75) is 229 Å². The van der Waals surface area contributed by atoms with Crippen molar-refractivity contribution in [1.29, 1.82) is 0 Å². The zero-order chi connectivity index (χ0) is 72.5. The molecule has 0 radical (unpaired) electrons. The Morgan fingerprint density at radius 2 is 0.876 bits per heavy atom. The SMILES string of the molecule is C.C.C.C=C(OCC)c1cccc(C)n1.C=[C](OCC)[Sn]([CH2]CCC)([CH2]CCC)[CH2]CCC.CC(=O)O.CC(=O)c1cccc(C)n1.CC(C)(C)N.Cc1cccc(Br)n1.Cc1cccc(C(=O)CBr)n1.Cc1cccc([C@@H](O)CBr)n1.Cc1cccc([C@@H](O)CNC(C)(C)C)n1. The summed E-state index contributed by atoms with van der Waals surface area (Å²) < 4.78 is 17.7. The Hall–Kier alpha value is -5.13. The molecule has 0 saturated carbocycles. The standard InChI is InChI=1S/C12H20N2O.C10H13NO.C8H10BrNO.C8H8BrNO.C8H9NO.C6H6BrN.C4H11N.C4H7O.3C4H9.C2H4O2.3CH4.Sn/c1-9-6-5-7-10(14-9)11(15)8-13-12(2,3)4;1-4-12-9(3)10-7-5-6-8(2)11-10;2*1-6-3-2-4-7(10-6)8(11)5-9;1-6-4-3-5-8(9-6)7(2)10;1-5-3-2-4-6(7)8-5;1-4(2,3)5;1-3-5-4-2;3*1-3-4-2;1-2(3)4;;;;/h5-7,11,13,15H,8H2,1-4H3;5-7H,3-4H2,1-2H3;2-4,8,11H,5H2,1H3;2-4H,5H2,1H3;3-5H,1-2H3;2-4H,1H3;5H2,1-3H3;1,4H2,2H3;3*1,3-4H2,2H3;1H3,(H,3,4);3*1H4;/t11-;;8-;;;;;;;;;;;;;/m0.0............./s1. The number of aryl methyl sites for hydroxylation is 6. The number of carbonyl (C=O) groups is 3. The Labute approximate surface area is 617 Å². The zero-order valence-corrected chi connectivity index (χ0v) is 67.8. The molecular weight excluding hydrogens is 1520 g/mol. The number of carboxylic acid groups (broad SMARTS) is 1. The van der Waals surface area contributed by atoms with Crippen molar-refractivity contribution in [3.8, 4) is 0 Å². The van der Waals surface area contributed by atoms with Gasteiger partial charge < -0.3 is 31.1 Å². The van der Waals surface area contributed by atoms with Gasteiger partial charge in [-0.3, -0.25) is 29.3 Å². The molecule has 16 nitrogen and oxygen atoms in total. The maximum atomic E-state index is 11.1. The number of alkyl halides is 2. The maximum absolute atomic E-state index is 11.1. The van der Waals surface area contributed by atoms with Gasteiger partial charge in [0.1, 0.15) is 39.7 Å². The number of nitrogens with two attached hydrogens (primary N) is 1. The minimum absolute atomic E-state index is 0. The van der Waals surface area contributed by atoms with Crippen LogP contribution in [0.5, 0.6) is 0 Å². The first-order chi connectivity index (χ1) is 44.0. The predicted molar refractivity (Wildman–Crippen MR) is 425 cm³/mol. The second-order valence-corrected chi connectivity index (χ2v) is 39.3. The summed E-state index contributed by atoms with van der Waals surface area (Å²) >= 11 is 7.28. The number of β-amino-alcohol motifs (C(OH)–C–C–N with tert-alkyl or cyclic N) is 1. The van der Waals surface area contributed by atoms with E-state index in [0.717, 1.165) is 69.4 Å². The van der Waals surface area contributed by atoms with Gasteiger partial charge in [-0.2, -0.15) is 0 Å². The van der Waals surface area contributed by atoms with E-state index in [-0.39, 0.29) is 44.9 Å². The monoisotopic (exact) mass is 1650 g/mol. The van der Waals surface area contributed by atoms with Crippen molar-refractivity contribution in [2.75, 3.05) is 30.4 Å². The van der Waals surface area contributed by atoms with Crippen LogP contribution in [-0.2, 0) is 14.3 Å². The number of Topliss-reactive ketones (excluding diaryl/α,β-unsaturated/α-hetero) is 2. The summed E-state index contributed by atoms with van der Waals surface area (Å²) in [5.74, 6) is -0.154. The average molecular weight is 1650 g/mol. The van der Waals surface area contributed by atoms with Gasteiger partial charge in [0.25, 0.3) is 5.97 Å². The molecule has 2 atom stereocenters. The quantitative estimate of drug-likeness (QED) is 0.0132. The molecule has 0 aliphatic rings. The molecule has 6 N–H and O–H groups in total. The van der Waals surface area contributed by atoms with Crippen LogP contribution < -0.4 is 11.1 Å². The zero-order valence-electron chi connectivity index (χ0n) is 60.1. The average Bonchev–Trinajstić information content (AvgIpc) is 0.877. The summed E-state index contributed by atoms with van der Waals surface area (Å²) in [5, 5.41) is 30.8. The van der Waals surface area contributed by atoms with Crippen LogP contribution in [0.1, 0.15) is 235 Å². The number of nitrogens with one attached hydrogen (secondary N) is 1. The van der Waals surface area contributed by atoms with Crippen LogP contribution in [0.4, 0.5) is 0 Å². The number of carboxylic acids is 1. The van der Waals surface area contributed by atoms with E-state index in [0.29, 0.717) is 41.0 Å². The Bertz CT molecular complexity index is 3000. The van der Waals surface area contributed by atoms with Crippen molar-refractivity contribution in [2.24, 2.45) is 5.73 Å². The molecule has 0 fully saturated rings. The molecule has 0 bridgehead atoms. The Morgan fingerprint density at radius 1 is 0.546 bits per heavy atom. The van der Waals surface area contributed by atoms with E-state index in [2.05, 4.69) is 145 Å². The van der Waals surface area contributed by atoms with E-state index in [1.165, 1.54) is 62.5 Å². The van der Waals surface area contributed by atoms with Crippen molar-refractivity contribution >= 4 is 89.5 Å². The molecule has 0 unspecified atom stereocenters. The first-order valence-corrected chi connectivity index (χ1v) is 42.7. The number of halogens is 3. The van der Waals surface area contributed by atoms with Crippen molar-refractivity contribution in [1.82, 2.24) is 35.2 Å². The van der Waals surface area contributed by atoms with E-state index < -0.39 is 36.6 Å². The number of unbranched alkanes of at least 4 members (excludes halogenated alkanes) is 3. The molecule has 0 amide bonds. The predicted octanol–water partition coefficient (Wildman–Crippen LogP) is 20.4. The number of aromatic nitrogens is 6. The van der Waals surface area contributed by atoms with Crippen molar-refractivity contribution < 1.29 is 39.2 Å². The van der Waals surface area contributed by atoms with Gasteiger partial charge in [0.15, 0.2) is 11.6 Å². The summed E-state index contributed by atoms with van der Waals surface area (Å²) in [4.78, 5) is 55.7. The number of aliphatic hydroxyl groups excluding tert-OH is 2. The van der Waals surface area contributed by atoms with Gasteiger partial charge in [0, 0.05) is 71.0 Å². The summed E-state index contributed by atoms with van der Waals surface area (Å²) in [6.07, 6.45) is 7.07. The van der Waals surface area contributed by atoms with Gasteiger partial charge in [-0.15, -0.1) is 0 Å². The van der Waals surface area contributed by atoms with Crippen LogP contribution in [0.25, 0.3) is 5.76 Å². The fourth-order valence-electron chi connectivity index (χ4n) is 7.71. The first-order valence-electron chi connectivity index (χ1n) is 32.2. The van der Waals surface area contributed by atoms with Crippen LogP contribution in [0, 0.1) is 41.5 Å². The Kier molecular flexibility index (Phi) is 63.3. The number of ether oxygens (including phenoxy) is 2. The van der Waals surface area contributed by atoms with Crippen LogP contribution in [-0.4, -0.2) is 123 Å².